The summed E-state index contributed by atoms with van der Waals surface area (Å²) in [7, 11) is 1.39. The number of hydrogen-bond acceptors (Lipinski definition) is 9. The highest BCUT2D eigenvalue weighted by atomic mass is 16.6. The van der Waals surface area contributed by atoms with Gasteiger partial charge in [-0.2, -0.15) is 4.98 Å². The van der Waals surface area contributed by atoms with Gasteiger partial charge < -0.3 is 24.6 Å². The minimum Gasteiger partial charge on any atom is -0.504 e. The van der Waals surface area contributed by atoms with Crippen LogP contribution >= 0.6 is 0 Å². The van der Waals surface area contributed by atoms with E-state index in [1.165, 1.54) is 25.3 Å². The molecule has 3 rings (SSSR count). The maximum absolute atomic E-state index is 10.9. The molecule has 0 fully saturated rings. The van der Waals surface area contributed by atoms with Crippen molar-refractivity contribution in [3.05, 3.63) is 40.4 Å². The zero-order chi connectivity index (χ0) is 18.1. The Morgan fingerprint density at radius 3 is 2.56 bits per heavy atom. The molecule has 25 heavy (non-hydrogen) atoms. The predicted molar refractivity (Wildman–Crippen MR) is 83.4 cm³/mol. The Bertz CT molecular complexity index is 968. The minimum atomic E-state index is -0.850. The van der Waals surface area contributed by atoms with Gasteiger partial charge in [0.2, 0.25) is 11.6 Å². The lowest BCUT2D eigenvalue weighted by atomic mass is 10.1. The Labute approximate surface area is 139 Å². The predicted octanol–water partition coefficient (Wildman–Crippen LogP) is 2.44. The zero-order valence-electron chi connectivity index (χ0n) is 12.7. The third-order valence-corrected chi connectivity index (χ3v) is 3.38. The van der Waals surface area contributed by atoms with Crippen LogP contribution in [0.2, 0.25) is 0 Å². The first-order valence-corrected chi connectivity index (χ1v) is 6.82. The van der Waals surface area contributed by atoms with Crippen LogP contribution in [-0.4, -0.2) is 37.5 Å². The van der Waals surface area contributed by atoms with E-state index in [2.05, 4.69) is 10.1 Å². The molecule has 0 aliphatic heterocycles. The molecule has 0 saturated carbocycles. The van der Waals surface area contributed by atoms with Crippen LogP contribution in [0, 0.1) is 10.1 Å². The standard InChI is InChI=1S/C15H11N3O7/c1-24-12-6-7(2-3-10(12)19)14-16-15(25-17-14)8-4-9(18(22)23)13(21)11(20)5-8/h2-6,19-21H,1H3. The van der Waals surface area contributed by atoms with Gasteiger partial charge in [-0.25, -0.2) is 0 Å². The van der Waals surface area contributed by atoms with Gasteiger partial charge in [0.25, 0.3) is 5.89 Å². The van der Waals surface area contributed by atoms with E-state index in [4.69, 9.17) is 9.26 Å². The Hall–Kier alpha value is -3.82. The van der Waals surface area contributed by atoms with Crippen molar-refractivity contribution in [1.29, 1.82) is 0 Å². The molecule has 10 nitrogen and oxygen atoms in total. The average molecular weight is 345 g/mol. The minimum absolute atomic E-state index is 0.0611. The molecule has 0 amide bonds. The van der Waals surface area contributed by atoms with E-state index < -0.39 is 22.1 Å². The quantitative estimate of drug-likeness (QED) is 0.367. The van der Waals surface area contributed by atoms with E-state index in [0.29, 0.717) is 5.56 Å². The third kappa shape index (κ3) is 2.87. The maximum atomic E-state index is 10.9. The monoisotopic (exact) mass is 345 g/mol. The number of aromatic nitrogens is 2. The fourth-order valence-corrected chi connectivity index (χ4v) is 2.14. The Balaban J connectivity index is 2.04. The number of benzene rings is 2. The summed E-state index contributed by atoms with van der Waals surface area (Å²) in [4.78, 5) is 14.2. The number of nitro benzene ring substituents is 1. The molecule has 10 heteroatoms. The lowest BCUT2D eigenvalue weighted by Gasteiger charge is -2.03. The maximum Gasteiger partial charge on any atom is 0.315 e. The van der Waals surface area contributed by atoms with Gasteiger partial charge in [-0.3, -0.25) is 10.1 Å². The summed E-state index contributed by atoms with van der Waals surface area (Å²) in [5.41, 5.74) is -0.158. The molecule has 1 aromatic heterocycles. The van der Waals surface area contributed by atoms with Crippen LogP contribution in [0.15, 0.2) is 34.9 Å². The second-order valence-corrected chi connectivity index (χ2v) is 4.93. The second-order valence-electron chi connectivity index (χ2n) is 4.93. The normalized spacial score (nSPS) is 10.6. The molecule has 3 aromatic rings. The number of ether oxygens (including phenoxy) is 1. The highest BCUT2D eigenvalue weighted by Gasteiger charge is 2.22. The molecular weight excluding hydrogens is 334 g/mol. The molecule has 0 spiro atoms. The van der Waals surface area contributed by atoms with Gasteiger partial charge >= 0.3 is 5.69 Å². The number of nitro groups is 1. The number of phenolic OH excluding ortho intramolecular Hbond substituents is 3. The van der Waals surface area contributed by atoms with Gasteiger partial charge in [0.1, 0.15) is 0 Å². The van der Waals surface area contributed by atoms with Crippen molar-refractivity contribution in [3.8, 4) is 45.8 Å². The molecule has 0 saturated heterocycles. The Morgan fingerprint density at radius 2 is 1.88 bits per heavy atom. The first-order chi connectivity index (χ1) is 11.9. The molecule has 0 radical (unpaired) electrons. The Morgan fingerprint density at radius 1 is 1.12 bits per heavy atom. The molecule has 3 N–H and O–H groups in total. The van der Waals surface area contributed by atoms with Crippen molar-refractivity contribution >= 4 is 5.69 Å². The molecule has 0 bridgehead atoms. The molecule has 128 valence electrons. The van der Waals surface area contributed by atoms with Gasteiger partial charge in [0.15, 0.2) is 17.2 Å². The number of hydrogen-bond donors (Lipinski definition) is 3. The van der Waals surface area contributed by atoms with Crippen LogP contribution in [0.4, 0.5) is 5.69 Å². The lowest BCUT2D eigenvalue weighted by Crippen LogP contribution is -1.90. The average Bonchev–Trinajstić information content (AvgIpc) is 3.07. The van der Waals surface area contributed by atoms with Crippen molar-refractivity contribution in [3.63, 3.8) is 0 Å². The summed E-state index contributed by atoms with van der Waals surface area (Å²) in [6, 6.07) is 6.48. The summed E-state index contributed by atoms with van der Waals surface area (Å²) >= 11 is 0. The number of methoxy groups -OCH3 is 1. The molecule has 0 atom stereocenters. The molecule has 2 aromatic carbocycles. The van der Waals surface area contributed by atoms with Crippen LogP contribution in [0.3, 0.4) is 0 Å². The largest absolute Gasteiger partial charge is 0.504 e. The molecule has 1 heterocycles. The van der Waals surface area contributed by atoms with Crippen LogP contribution in [-0.2, 0) is 0 Å². The summed E-state index contributed by atoms with van der Waals surface area (Å²) in [5, 5.41) is 43.4. The SMILES string of the molecule is COc1cc(-c2noc(-c3cc(O)c(O)c([N+](=O)[O-])c3)n2)ccc1O. The summed E-state index contributed by atoms with van der Waals surface area (Å²) in [6.45, 7) is 0. The molecule has 0 unspecified atom stereocenters. The third-order valence-electron chi connectivity index (χ3n) is 3.38. The van der Waals surface area contributed by atoms with Crippen LogP contribution in [0.1, 0.15) is 0 Å². The van der Waals surface area contributed by atoms with Gasteiger partial charge in [-0.1, -0.05) is 5.16 Å². The lowest BCUT2D eigenvalue weighted by molar-refractivity contribution is -0.385. The summed E-state index contributed by atoms with van der Waals surface area (Å²) < 4.78 is 10.1. The van der Waals surface area contributed by atoms with E-state index in [0.717, 1.165) is 12.1 Å². The second kappa shape index (κ2) is 6.00. The van der Waals surface area contributed by atoms with Crippen LogP contribution < -0.4 is 4.74 Å². The number of phenols is 3. The Kier molecular flexibility index (Phi) is 3.85. The van der Waals surface area contributed by atoms with Crippen molar-refractivity contribution in [2.45, 2.75) is 0 Å². The van der Waals surface area contributed by atoms with Crippen LogP contribution in [0.25, 0.3) is 22.8 Å². The first-order valence-electron chi connectivity index (χ1n) is 6.82. The number of aromatic hydroxyl groups is 3. The molecular formula is C15H11N3O7. The van der Waals surface area contributed by atoms with Crippen molar-refractivity contribution < 1.29 is 29.5 Å². The van der Waals surface area contributed by atoms with E-state index in [-0.39, 0.29) is 28.8 Å². The van der Waals surface area contributed by atoms with Gasteiger partial charge in [-0.15, -0.1) is 0 Å². The van der Waals surface area contributed by atoms with E-state index in [1.54, 1.807) is 0 Å². The van der Waals surface area contributed by atoms with Crippen molar-refractivity contribution in [1.82, 2.24) is 10.1 Å². The fourth-order valence-electron chi connectivity index (χ4n) is 2.14. The van der Waals surface area contributed by atoms with E-state index in [1.807, 2.05) is 0 Å². The van der Waals surface area contributed by atoms with E-state index >= 15 is 0 Å². The highest BCUT2D eigenvalue weighted by molar-refractivity contribution is 5.69. The van der Waals surface area contributed by atoms with Gasteiger partial charge in [0, 0.05) is 11.6 Å². The van der Waals surface area contributed by atoms with Gasteiger partial charge in [-0.05, 0) is 24.3 Å². The molecule has 0 aliphatic carbocycles. The molecule has 0 aliphatic rings. The van der Waals surface area contributed by atoms with Crippen molar-refractivity contribution in [2.75, 3.05) is 7.11 Å². The smallest absolute Gasteiger partial charge is 0.315 e. The topological polar surface area (TPSA) is 152 Å². The fraction of sp³-hybridized carbons (Fsp3) is 0.0667. The van der Waals surface area contributed by atoms with E-state index in [9.17, 15) is 25.4 Å². The highest BCUT2D eigenvalue weighted by Crippen LogP contribution is 2.39. The summed E-state index contributed by atoms with van der Waals surface area (Å²) in [6.07, 6.45) is 0. The van der Waals surface area contributed by atoms with Crippen molar-refractivity contribution in [2.24, 2.45) is 0 Å². The van der Waals surface area contributed by atoms with Crippen LogP contribution in [0.5, 0.6) is 23.0 Å². The zero-order valence-corrected chi connectivity index (χ0v) is 12.7. The summed E-state index contributed by atoms with van der Waals surface area (Å²) in [5.74, 6) is -1.34. The number of rotatable bonds is 4. The van der Waals surface area contributed by atoms with Gasteiger partial charge in [0.05, 0.1) is 17.6 Å². The first kappa shape index (κ1) is 16.1. The number of nitrogens with zero attached hydrogens (tertiary/aromatic N) is 3.